The molecule has 0 amide bonds. The highest BCUT2D eigenvalue weighted by molar-refractivity contribution is 9.10. The first-order valence-corrected chi connectivity index (χ1v) is 7.97. The predicted octanol–water partition coefficient (Wildman–Crippen LogP) is 4.38. The molecule has 1 aromatic heterocycles. The summed E-state index contributed by atoms with van der Waals surface area (Å²) in [4.78, 5) is 4.76. The number of benzene rings is 2. The number of imidazole rings is 1. The molecule has 2 aromatic carbocycles. The lowest BCUT2D eigenvalue weighted by atomic mass is 10.1. The Hall–Kier alpha value is -1.81. The van der Waals surface area contributed by atoms with Gasteiger partial charge in [-0.3, -0.25) is 0 Å². The summed E-state index contributed by atoms with van der Waals surface area (Å²) in [7, 11) is 0. The van der Waals surface area contributed by atoms with Gasteiger partial charge < -0.3 is 10.3 Å². The van der Waals surface area contributed by atoms with Crippen molar-refractivity contribution in [2.75, 3.05) is 5.73 Å². The molecule has 0 saturated carbocycles. The Bertz CT molecular complexity index is 757. The number of para-hydroxylation sites is 2. The minimum Gasteiger partial charge on any atom is -0.398 e. The maximum atomic E-state index is 6.14. The van der Waals surface area contributed by atoms with Gasteiger partial charge >= 0.3 is 0 Å². The van der Waals surface area contributed by atoms with Gasteiger partial charge in [0.15, 0.2) is 0 Å². The SMILES string of the molecule is CCCc1nc2ccccc2n1Cc1c(N)cccc1Br. The molecule has 108 valence electrons. The van der Waals surface area contributed by atoms with Crippen LogP contribution in [0.4, 0.5) is 5.69 Å². The summed E-state index contributed by atoms with van der Waals surface area (Å²) in [6.07, 6.45) is 2.05. The number of fused-ring (bicyclic) bond motifs is 1. The van der Waals surface area contributed by atoms with Crippen molar-refractivity contribution in [3.05, 3.63) is 58.3 Å². The van der Waals surface area contributed by atoms with E-state index in [2.05, 4.69) is 45.6 Å². The van der Waals surface area contributed by atoms with Gasteiger partial charge in [0, 0.05) is 22.1 Å². The second-order valence-corrected chi connectivity index (χ2v) is 6.01. The lowest BCUT2D eigenvalue weighted by Gasteiger charge is -2.12. The molecule has 21 heavy (non-hydrogen) atoms. The van der Waals surface area contributed by atoms with Crippen LogP contribution >= 0.6 is 15.9 Å². The van der Waals surface area contributed by atoms with Crippen LogP contribution in [0.3, 0.4) is 0 Å². The van der Waals surface area contributed by atoms with Crippen molar-refractivity contribution >= 4 is 32.7 Å². The van der Waals surface area contributed by atoms with Crippen LogP contribution in [0.15, 0.2) is 46.9 Å². The second kappa shape index (κ2) is 5.90. The third-order valence-corrected chi connectivity index (χ3v) is 4.42. The minimum atomic E-state index is 0.739. The smallest absolute Gasteiger partial charge is 0.110 e. The summed E-state index contributed by atoms with van der Waals surface area (Å²) in [5.41, 5.74) is 10.3. The zero-order chi connectivity index (χ0) is 14.8. The molecule has 0 spiro atoms. The number of nitrogens with zero attached hydrogens (tertiary/aromatic N) is 2. The zero-order valence-electron chi connectivity index (χ0n) is 12.0. The average Bonchev–Trinajstić information content (AvgIpc) is 2.81. The Morgan fingerprint density at radius 1 is 1.14 bits per heavy atom. The van der Waals surface area contributed by atoms with Crippen LogP contribution in [0.1, 0.15) is 24.7 Å². The maximum Gasteiger partial charge on any atom is 0.110 e. The number of nitrogen functional groups attached to an aromatic ring is 1. The number of nitrogens with two attached hydrogens (primary N) is 1. The monoisotopic (exact) mass is 343 g/mol. The van der Waals surface area contributed by atoms with E-state index in [1.807, 2.05) is 24.3 Å². The quantitative estimate of drug-likeness (QED) is 0.714. The van der Waals surface area contributed by atoms with Crippen LogP contribution in [-0.2, 0) is 13.0 Å². The van der Waals surface area contributed by atoms with Gasteiger partial charge in [-0.2, -0.15) is 0 Å². The minimum absolute atomic E-state index is 0.739. The van der Waals surface area contributed by atoms with Gasteiger partial charge in [0.1, 0.15) is 5.82 Å². The zero-order valence-corrected chi connectivity index (χ0v) is 13.6. The molecule has 0 atom stereocenters. The van der Waals surface area contributed by atoms with Crippen molar-refractivity contribution in [2.45, 2.75) is 26.3 Å². The molecule has 1 heterocycles. The van der Waals surface area contributed by atoms with Gasteiger partial charge in [-0.05, 0) is 30.7 Å². The summed E-state index contributed by atoms with van der Waals surface area (Å²) in [6.45, 7) is 2.92. The highest BCUT2D eigenvalue weighted by atomic mass is 79.9. The lowest BCUT2D eigenvalue weighted by Crippen LogP contribution is -2.07. The third-order valence-electron chi connectivity index (χ3n) is 3.68. The molecule has 3 aromatic rings. The van der Waals surface area contributed by atoms with Gasteiger partial charge in [0.05, 0.1) is 17.6 Å². The summed E-state index contributed by atoms with van der Waals surface area (Å²) < 4.78 is 3.32. The van der Waals surface area contributed by atoms with Crippen LogP contribution in [0.2, 0.25) is 0 Å². The predicted molar refractivity (Wildman–Crippen MR) is 91.4 cm³/mol. The van der Waals surface area contributed by atoms with E-state index >= 15 is 0 Å². The number of hydrogen-bond acceptors (Lipinski definition) is 2. The second-order valence-electron chi connectivity index (χ2n) is 5.16. The molecule has 0 fully saturated rings. The Kier molecular flexibility index (Phi) is 3.97. The Morgan fingerprint density at radius 2 is 1.95 bits per heavy atom. The number of hydrogen-bond donors (Lipinski definition) is 1. The molecule has 4 heteroatoms. The maximum absolute atomic E-state index is 6.14. The summed E-state index contributed by atoms with van der Waals surface area (Å²) in [5.74, 6) is 1.12. The van der Waals surface area contributed by atoms with E-state index in [0.29, 0.717) is 0 Å². The number of halogens is 1. The molecule has 3 nitrogen and oxygen atoms in total. The molecule has 3 rings (SSSR count). The first-order chi connectivity index (χ1) is 10.2. The van der Waals surface area contributed by atoms with Gasteiger partial charge in [-0.15, -0.1) is 0 Å². The molecular weight excluding hydrogens is 326 g/mol. The first kappa shape index (κ1) is 14.1. The Morgan fingerprint density at radius 3 is 2.71 bits per heavy atom. The van der Waals surface area contributed by atoms with Crippen LogP contribution < -0.4 is 5.73 Å². The lowest BCUT2D eigenvalue weighted by molar-refractivity contribution is 0.721. The average molecular weight is 344 g/mol. The molecule has 0 radical (unpaired) electrons. The van der Waals surface area contributed by atoms with Crippen molar-refractivity contribution in [1.29, 1.82) is 0 Å². The fourth-order valence-corrected chi connectivity index (χ4v) is 3.12. The molecule has 0 aliphatic carbocycles. The van der Waals surface area contributed by atoms with Crippen molar-refractivity contribution in [2.24, 2.45) is 0 Å². The first-order valence-electron chi connectivity index (χ1n) is 7.17. The van der Waals surface area contributed by atoms with Crippen molar-refractivity contribution in [3.8, 4) is 0 Å². The van der Waals surface area contributed by atoms with Gasteiger partial charge in [0.2, 0.25) is 0 Å². The molecule has 2 N–H and O–H groups in total. The molecule has 0 saturated heterocycles. The summed E-state index contributed by atoms with van der Waals surface area (Å²) in [5, 5.41) is 0. The van der Waals surface area contributed by atoms with Crippen LogP contribution in [0, 0.1) is 0 Å². The van der Waals surface area contributed by atoms with E-state index in [4.69, 9.17) is 10.7 Å². The number of aryl methyl sites for hydroxylation is 1. The van der Waals surface area contributed by atoms with Gasteiger partial charge in [0.25, 0.3) is 0 Å². The van der Waals surface area contributed by atoms with E-state index in [0.717, 1.165) is 52.0 Å². The topological polar surface area (TPSA) is 43.8 Å². The van der Waals surface area contributed by atoms with E-state index in [-0.39, 0.29) is 0 Å². The Balaban J connectivity index is 2.12. The summed E-state index contributed by atoms with van der Waals surface area (Å²) >= 11 is 3.61. The van der Waals surface area contributed by atoms with Crippen molar-refractivity contribution in [3.63, 3.8) is 0 Å². The standard InChI is InChI=1S/C17H18BrN3/c1-2-6-17-20-15-9-3-4-10-16(15)21(17)11-12-13(18)7-5-8-14(12)19/h3-5,7-10H,2,6,11,19H2,1H3. The number of anilines is 1. The molecular formula is C17H18BrN3. The van der Waals surface area contributed by atoms with Crippen LogP contribution in [0.5, 0.6) is 0 Å². The third kappa shape index (κ3) is 2.68. The Labute approximate surface area is 132 Å². The number of rotatable bonds is 4. The van der Waals surface area contributed by atoms with Crippen molar-refractivity contribution < 1.29 is 0 Å². The fraction of sp³-hybridized carbons (Fsp3) is 0.235. The molecule has 0 aliphatic heterocycles. The molecule has 0 unspecified atom stereocenters. The number of aromatic nitrogens is 2. The molecule has 0 aliphatic rings. The van der Waals surface area contributed by atoms with E-state index < -0.39 is 0 Å². The summed E-state index contributed by atoms with van der Waals surface area (Å²) in [6, 6.07) is 14.2. The molecule has 0 bridgehead atoms. The largest absolute Gasteiger partial charge is 0.398 e. The highest BCUT2D eigenvalue weighted by Crippen LogP contribution is 2.26. The van der Waals surface area contributed by atoms with Crippen molar-refractivity contribution in [1.82, 2.24) is 9.55 Å². The van der Waals surface area contributed by atoms with Gasteiger partial charge in [-0.25, -0.2) is 4.98 Å². The highest BCUT2D eigenvalue weighted by Gasteiger charge is 2.12. The van der Waals surface area contributed by atoms with Gasteiger partial charge in [-0.1, -0.05) is 41.1 Å². The van der Waals surface area contributed by atoms with Crippen LogP contribution in [-0.4, -0.2) is 9.55 Å². The fourth-order valence-electron chi connectivity index (χ4n) is 2.62. The van der Waals surface area contributed by atoms with Crippen LogP contribution in [0.25, 0.3) is 11.0 Å². The van der Waals surface area contributed by atoms with E-state index in [1.54, 1.807) is 0 Å². The van der Waals surface area contributed by atoms with E-state index in [9.17, 15) is 0 Å². The normalized spacial score (nSPS) is 11.1. The van der Waals surface area contributed by atoms with E-state index in [1.165, 1.54) is 0 Å².